The standard InChI is InChI=1S/C18H12Cl2F3N3O/c1-26-9-12(16(25-26)18(19,20)23)17(27)24-15-5-3-2-4-11(15)10-6-7-13(21)14(22)8-10/h2-9H,1H3,(H,24,27). The van der Waals surface area contributed by atoms with Gasteiger partial charge in [0.1, 0.15) is 5.69 Å². The van der Waals surface area contributed by atoms with E-state index in [4.69, 9.17) is 23.2 Å². The summed E-state index contributed by atoms with van der Waals surface area (Å²) in [6.45, 7) is 0. The molecular weight excluding hydrogens is 402 g/mol. The summed E-state index contributed by atoms with van der Waals surface area (Å²) in [4.78, 5) is 12.6. The molecule has 1 amide bonds. The van der Waals surface area contributed by atoms with Gasteiger partial charge in [-0.2, -0.15) is 5.10 Å². The van der Waals surface area contributed by atoms with Crippen molar-refractivity contribution in [2.45, 2.75) is 4.59 Å². The second kappa shape index (κ2) is 7.25. The van der Waals surface area contributed by atoms with E-state index in [9.17, 15) is 18.0 Å². The van der Waals surface area contributed by atoms with Crippen molar-refractivity contribution in [3.05, 3.63) is 71.6 Å². The van der Waals surface area contributed by atoms with Crippen molar-refractivity contribution in [1.29, 1.82) is 0 Å². The number of nitrogens with one attached hydrogen (secondary N) is 1. The smallest absolute Gasteiger partial charge is 0.302 e. The number of nitrogens with zero attached hydrogens (tertiary/aromatic N) is 2. The molecule has 0 saturated carbocycles. The average molecular weight is 414 g/mol. The lowest BCUT2D eigenvalue weighted by molar-refractivity contribution is 0.102. The largest absolute Gasteiger partial charge is 0.321 e. The number of aromatic nitrogens is 2. The summed E-state index contributed by atoms with van der Waals surface area (Å²) in [5.74, 6) is -2.71. The summed E-state index contributed by atoms with van der Waals surface area (Å²) in [7, 11) is 1.48. The molecule has 0 unspecified atom stereocenters. The number of alkyl halides is 3. The second-order valence-electron chi connectivity index (χ2n) is 5.69. The minimum atomic E-state index is -2.85. The zero-order valence-corrected chi connectivity index (χ0v) is 15.3. The first-order valence-electron chi connectivity index (χ1n) is 7.63. The van der Waals surface area contributed by atoms with Gasteiger partial charge in [-0.1, -0.05) is 47.5 Å². The molecule has 140 valence electrons. The summed E-state index contributed by atoms with van der Waals surface area (Å²) < 4.78 is 39.0. The predicted molar refractivity (Wildman–Crippen MR) is 97.4 cm³/mol. The molecule has 0 aliphatic carbocycles. The van der Waals surface area contributed by atoms with E-state index in [0.717, 1.165) is 12.1 Å². The lowest BCUT2D eigenvalue weighted by Crippen LogP contribution is -2.17. The van der Waals surface area contributed by atoms with Gasteiger partial charge >= 0.3 is 4.59 Å². The van der Waals surface area contributed by atoms with Crippen LogP contribution in [-0.4, -0.2) is 15.7 Å². The van der Waals surface area contributed by atoms with E-state index in [1.54, 1.807) is 24.3 Å². The van der Waals surface area contributed by atoms with Gasteiger partial charge in [0, 0.05) is 24.5 Å². The van der Waals surface area contributed by atoms with Gasteiger partial charge in [-0.25, -0.2) is 13.2 Å². The van der Waals surface area contributed by atoms with Crippen LogP contribution in [-0.2, 0) is 11.6 Å². The van der Waals surface area contributed by atoms with E-state index in [2.05, 4.69) is 10.4 Å². The lowest BCUT2D eigenvalue weighted by atomic mass is 10.0. The molecule has 3 rings (SSSR count). The number of benzene rings is 2. The molecule has 0 spiro atoms. The summed E-state index contributed by atoms with van der Waals surface area (Å²) in [6, 6.07) is 9.88. The van der Waals surface area contributed by atoms with E-state index in [-0.39, 0.29) is 5.56 Å². The van der Waals surface area contributed by atoms with Gasteiger partial charge in [0.2, 0.25) is 0 Å². The molecule has 0 atom stereocenters. The number of carbonyl (C=O) groups is 1. The Morgan fingerprint density at radius 1 is 1.15 bits per heavy atom. The second-order valence-corrected chi connectivity index (χ2v) is 6.93. The predicted octanol–water partition coefficient (Wildman–Crippen LogP) is 5.18. The van der Waals surface area contributed by atoms with Crippen molar-refractivity contribution in [1.82, 2.24) is 9.78 Å². The molecule has 0 aliphatic rings. The maximum Gasteiger partial charge on any atom is 0.302 e. The fraction of sp³-hybridized carbons (Fsp3) is 0.111. The number of aryl methyl sites for hydroxylation is 1. The third kappa shape index (κ3) is 4.09. The first-order valence-corrected chi connectivity index (χ1v) is 8.39. The first kappa shape index (κ1) is 19.3. The van der Waals surface area contributed by atoms with Gasteiger partial charge in [0.15, 0.2) is 11.6 Å². The van der Waals surface area contributed by atoms with Crippen LogP contribution >= 0.6 is 23.2 Å². The van der Waals surface area contributed by atoms with Gasteiger partial charge < -0.3 is 5.32 Å². The van der Waals surface area contributed by atoms with Crippen LogP contribution in [0, 0.1) is 11.6 Å². The quantitative estimate of drug-likeness (QED) is 0.599. The maximum absolute atomic E-state index is 13.9. The van der Waals surface area contributed by atoms with Gasteiger partial charge in [-0.3, -0.25) is 9.48 Å². The van der Waals surface area contributed by atoms with E-state index in [1.807, 2.05) is 0 Å². The molecule has 1 heterocycles. The highest BCUT2D eigenvalue weighted by molar-refractivity contribution is 6.46. The molecule has 0 radical (unpaired) electrons. The number of rotatable bonds is 4. The molecule has 1 N–H and O–H groups in total. The highest BCUT2D eigenvalue weighted by Gasteiger charge is 2.34. The molecule has 1 aromatic heterocycles. The van der Waals surface area contributed by atoms with E-state index >= 15 is 0 Å². The molecule has 2 aromatic carbocycles. The Morgan fingerprint density at radius 3 is 2.52 bits per heavy atom. The Bertz CT molecular complexity index is 1020. The van der Waals surface area contributed by atoms with Crippen LogP contribution in [0.3, 0.4) is 0 Å². The molecule has 9 heteroatoms. The third-order valence-corrected chi connectivity index (χ3v) is 4.11. The molecule has 0 bridgehead atoms. The SMILES string of the molecule is Cn1cc(C(=O)Nc2ccccc2-c2ccc(F)c(F)c2)c(C(F)(Cl)Cl)n1. The van der Waals surface area contributed by atoms with Gasteiger partial charge in [-0.15, -0.1) is 0 Å². The number of amides is 1. The van der Waals surface area contributed by atoms with Crippen molar-refractivity contribution < 1.29 is 18.0 Å². The van der Waals surface area contributed by atoms with E-state index < -0.39 is 27.8 Å². The van der Waals surface area contributed by atoms with Crippen molar-refractivity contribution >= 4 is 34.8 Å². The van der Waals surface area contributed by atoms with Crippen LogP contribution in [0.4, 0.5) is 18.9 Å². The number of halogens is 5. The van der Waals surface area contributed by atoms with Gasteiger partial charge in [0.25, 0.3) is 5.91 Å². The van der Waals surface area contributed by atoms with Crippen LogP contribution in [0.1, 0.15) is 16.1 Å². The number of anilines is 1. The highest BCUT2D eigenvalue weighted by atomic mass is 35.5. The average Bonchev–Trinajstić information content (AvgIpc) is 3.00. The van der Waals surface area contributed by atoms with Gasteiger partial charge in [0.05, 0.1) is 5.56 Å². The Balaban J connectivity index is 1.98. The van der Waals surface area contributed by atoms with Crippen LogP contribution in [0.15, 0.2) is 48.7 Å². The molecule has 27 heavy (non-hydrogen) atoms. The Kier molecular flexibility index (Phi) is 5.17. The summed E-state index contributed by atoms with van der Waals surface area (Å²) >= 11 is 10.9. The number of para-hydroxylation sites is 1. The monoisotopic (exact) mass is 413 g/mol. The van der Waals surface area contributed by atoms with Crippen LogP contribution < -0.4 is 5.32 Å². The van der Waals surface area contributed by atoms with Crippen molar-refractivity contribution in [2.75, 3.05) is 5.32 Å². The summed E-state index contributed by atoms with van der Waals surface area (Å²) in [5.41, 5.74) is 0.488. The number of hydrogen-bond donors (Lipinski definition) is 1. The number of hydrogen-bond acceptors (Lipinski definition) is 2. The summed E-state index contributed by atoms with van der Waals surface area (Å²) in [6.07, 6.45) is 1.27. The van der Waals surface area contributed by atoms with Crippen LogP contribution in [0.25, 0.3) is 11.1 Å². The highest BCUT2D eigenvalue weighted by Crippen LogP contribution is 2.37. The normalized spacial score (nSPS) is 11.5. The summed E-state index contributed by atoms with van der Waals surface area (Å²) in [5, 5.41) is 6.36. The van der Waals surface area contributed by atoms with Crippen molar-refractivity contribution in [3.63, 3.8) is 0 Å². The maximum atomic E-state index is 13.9. The lowest BCUT2D eigenvalue weighted by Gasteiger charge is -2.13. The minimum Gasteiger partial charge on any atom is -0.321 e. The Hall–Kier alpha value is -2.51. The first-order chi connectivity index (χ1) is 12.7. The topological polar surface area (TPSA) is 46.9 Å². The minimum absolute atomic E-state index is 0.162. The molecular formula is C18H12Cl2F3N3O. The van der Waals surface area contributed by atoms with Crippen LogP contribution in [0.2, 0.25) is 0 Å². The fourth-order valence-corrected chi connectivity index (χ4v) is 2.84. The third-order valence-electron chi connectivity index (χ3n) is 3.75. The molecule has 0 fully saturated rings. The van der Waals surface area contributed by atoms with Crippen molar-refractivity contribution in [3.8, 4) is 11.1 Å². The molecule has 0 aliphatic heterocycles. The van der Waals surface area contributed by atoms with Crippen LogP contribution in [0.5, 0.6) is 0 Å². The van der Waals surface area contributed by atoms with E-state index in [0.29, 0.717) is 16.8 Å². The van der Waals surface area contributed by atoms with E-state index in [1.165, 1.54) is 24.0 Å². The molecule has 4 nitrogen and oxygen atoms in total. The zero-order chi connectivity index (χ0) is 19.8. The Labute approximate surface area is 162 Å². The van der Waals surface area contributed by atoms with Gasteiger partial charge in [-0.05, 0) is 23.8 Å². The molecule has 0 saturated heterocycles. The molecule has 3 aromatic rings. The number of carbonyl (C=O) groups excluding carboxylic acids is 1. The fourth-order valence-electron chi connectivity index (χ4n) is 2.56. The zero-order valence-electron chi connectivity index (χ0n) is 13.8. The van der Waals surface area contributed by atoms with Crippen molar-refractivity contribution in [2.24, 2.45) is 7.05 Å². The Morgan fingerprint density at radius 2 is 1.85 bits per heavy atom.